The minimum absolute atomic E-state index is 0.0428. The molecule has 4 aromatic carbocycles. The zero-order valence-electron chi connectivity index (χ0n) is 20.2. The molecule has 0 aliphatic heterocycles. The highest BCUT2D eigenvalue weighted by Gasteiger charge is 2.24. The molecule has 0 bridgehead atoms. The fourth-order valence-electron chi connectivity index (χ4n) is 4.51. The maximum Gasteiger partial charge on any atom is 0.326 e. The van der Waals surface area contributed by atoms with Gasteiger partial charge in [-0.05, 0) is 52.7 Å². The highest BCUT2D eigenvalue weighted by molar-refractivity contribution is 6.39. The molecule has 1 amide bonds. The Morgan fingerprint density at radius 1 is 0.921 bits per heavy atom. The molecule has 6 nitrogen and oxygen atoms in total. The largest absolute Gasteiger partial charge is 0.496 e. The van der Waals surface area contributed by atoms with Crippen molar-refractivity contribution in [2.75, 3.05) is 7.11 Å². The number of carbonyl (C=O) groups is 2. The van der Waals surface area contributed by atoms with Crippen molar-refractivity contribution in [2.45, 2.75) is 12.5 Å². The molecular formula is C30H22Cl2N2O4. The van der Waals surface area contributed by atoms with Gasteiger partial charge in [0.05, 0.1) is 39.5 Å². The van der Waals surface area contributed by atoms with E-state index in [0.717, 1.165) is 44.2 Å². The van der Waals surface area contributed by atoms with Crippen molar-refractivity contribution in [3.05, 3.63) is 106 Å². The Labute approximate surface area is 228 Å². The number of benzene rings is 4. The Kier molecular flexibility index (Phi) is 7.18. The van der Waals surface area contributed by atoms with E-state index in [0.29, 0.717) is 0 Å². The predicted octanol–water partition coefficient (Wildman–Crippen LogP) is 6.80. The Hall–Kier alpha value is -4.13. The lowest BCUT2D eigenvalue weighted by molar-refractivity contribution is -0.139. The molecule has 0 aliphatic carbocycles. The lowest BCUT2D eigenvalue weighted by atomic mass is 9.99. The summed E-state index contributed by atoms with van der Waals surface area (Å²) in [7, 11) is 1.64. The second-order valence-corrected chi connectivity index (χ2v) is 9.57. The van der Waals surface area contributed by atoms with Crippen molar-refractivity contribution < 1.29 is 19.4 Å². The summed E-state index contributed by atoms with van der Waals surface area (Å²) >= 11 is 12.2. The molecule has 1 aromatic heterocycles. The van der Waals surface area contributed by atoms with Crippen LogP contribution in [0.5, 0.6) is 5.75 Å². The monoisotopic (exact) mass is 544 g/mol. The van der Waals surface area contributed by atoms with E-state index in [1.165, 1.54) is 12.1 Å². The van der Waals surface area contributed by atoms with Crippen molar-refractivity contribution >= 4 is 56.8 Å². The van der Waals surface area contributed by atoms with Gasteiger partial charge in [0.1, 0.15) is 11.8 Å². The first-order valence-electron chi connectivity index (χ1n) is 11.8. The normalized spacial score (nSPS) is 11.9. The number of hydrogen-bond acceptors (Lipinski definition) is 4. The number of amides is 1. The number of aromatic nitrogens is 1. The minimum atomic E-state index is -1.18. The average molecular weight is 545 g/mol. The first-order valence-corrected chi connectivity index (χ1v) is 12.5. The lowest BCUT2D eigenvalue weighted by Gasteiger charge is -2.16. The van der Waals surface area contributed by atoms with Gasteiger partial charge in [-0.25, -0.2) is 9.78 Å². The fourth-order valence-corrected chi connectivity index (χ4v) is 5.08. The van der Waals surface area contributed by atoms with E-state index in [1.54, 1.807) is 13.2 Å². The molecule has 1 heterocycles. The van der Waals surface area contributed by atoms with E-state index in [9.17, 15) is 14.7 Å². The van der Waals surface area contributed by atoms with Crippen LogP contribution in [0.1, 0.15) is 15.9 Å². The van der Waals surface area contributed by atoms with Crippen LogP contribution in [-0.2, 0) is 11.2 Å². The summed E-state index contributed by atoms with van der Waals surface area (Å²) in [6.45, 7) is 0. The number of nitrogens with one attached hydrogen (secondary N) is 1. The number of carboxylic acid groups (broad SMARTS) is 1. The van der Waals surface area contributed by atoms with Crippen LogP contribution in [0.25, 0.3) is 32.9 Å². The Bertz CT molecular complexity index is 1680. The topological polar surface area (TPSA) is 88.5 Å². The van der Waals surface area contributed by atoms with Crippen LogP contribution in [-0.4, -0.2) is 35.1 Å². The third-order valence-electron chi connectivity index (χ3n) is 6.35. The van der Waals surface area contributed by atoms with Crippen LogP contribution in [0.2, 0.25) is 10.0 Å². The standard InChI is InChI=1S/C30H22Cl2N2O4/c1-38-26-14-11-18-5-2-3-6-20(18)27(26)24-13-10-19-15-17(9-12-23(19)33-24)16-25(30(36)37)34-29(35)28-21(31)7-4-8-22(28)32/h2-15,25H,16H2,1H3,(H,34,35)(H,36,37)/t25-/m0/s1. The summed E-state index contributed by atoms with van der Waals surface area (Å²) in [6.07, 6.45) is 0.0674. The van der Waals surface area contributed by atoms with Gasteiger partial charge in [-0.2, -0.15) is 0 Å². The summed E-state index contributed by atoms with van der Waals surface area (Å²) in [4.78, 5) is 29.6. The van der Waals surface area contributed by atoms with E-state index in [1.807, 2.05) is 66.7 Å². The van der Waals surface area contributed by atoms with Crippen molar-refractivity contribution in [1.82, 2.24) is 10.3 Å². The number of ether oxygens (including phenoxy) is 1. The lowest BCUT2D eigenvalue weighted by Crippen LogP contribution is -2.42. The second-order valence-electron chi connectivity index (χ2n) is 8.75. The molecule has 0 saturated carbocycles. The molecule has 0 saturated heterocycles. The van der Waals surface area contributed by atoms with Crippen molar-refractivity contribution in [1.29, 1.82) is 0 Å². The van der Waals surface area contributed by atoms with Gasteiger partial charge in [-0.1, -0.05) is 71.7 Å². The maximum atomic E-state index is 12.8. The van der Waals surface area contributed by atoms with Crippen LogP contribution in [0.4, 0.5) is 0 Å². The molecule has 0 unspecified atom stereocenters. The minimum Gasteiger partial charge on any atom is -0.496 e. The first-order chi connectivity index (χ1) is 18.4. The number of hydrogen-bond donors (Lipinski definition) is 2. The van der Waals surface area contributed by atoms with Crippen LogP contribution in [0, 0.1) is 0 Å². The number of carbonyl (C=O) groups excluding carboxylic acids is 1. The summed E-state index contributed by atoms with van der Waals surface area (Å²) < 4.78 is 5.64. The maximum absolute atomic E-state index is 12.8. The van der Waals surface area contributed by atoms with Gasteiger partial charge in [0.15, 0.2) is 0 Å². The quantitative estimate of drug-likeness (QED) is 0.235. The third-order valence-corrected chi connectivity index (χ3v) is 6.98. The predicted molar refractivity (Wildman–Crippen MR) is 150 cm³/mol. The Morgan fingerprint density at radius 2 is 1.66 bits per heavy atom. The summed E-state index contributed by atoms with van der Waals surface area (Å²) in [5.41, 5.74) is 3.20. The van der Waals surface area contributed by atoms with E-state index >= 15 is 0 Å². The van der Waals surface area contributed by atoms with Gasteiger partial charge in [0.2, 0.25) is 0 Å². The van der Waals surface area contributed by atoms with Crippen LogP contribution in [0.15, 0.2) is 84.9 Å². The van der Waals surface area contributed by atoms with E-state index in [4.69, 9.17) is 32.9 Å². The SMILES string of the molecule is COc1ccc2ccccc2c1-c1ccc2cc(C[C@H](NC(=O)c3c(Cl)cccc3Cl)C(=O)O)ccc2n1. The number of fused-ring (bicyclic) bond motifs is 2. The van der Waals surface area contributed by atoms with Gasteiger partial charge in [-0.15, -0.1) is 0 Å². The number of aliphatic carboxylic acids is 1. The summed E-state index contributed by atoms with van der Waals surface area (Å²) in [5, 5.41) is 15.6. The molecule has 0 radical (unpaired) electrons. The van der Waals surface area contributed by atoms with E-state index < -0.39 is 17.9 Å². The highest BCUT2D eigenvalue weighted by atomic mass is 35.5. The molecule has 1 atom stereocenters. The molecule has 8 heteroatoms. The number of pyridine rings is 1. The molecule has 5 rings (SSSR count). The van der Waals surface area contributed by atoms with E-state index in [-0.39, 0.29) is 22.0 Å². The van der Waals surface area contributed by atoms with Crippen molar-refractivity contribution in [3.63, 3.8) is 0 Å². The number of carboxylic acids is 1. The fraction of sp³-hybridized carbons (Fsp3) is 0.100. The molecule has 5 aromatic rings. The summed E-state index contributed by atoms with van der Waals surface area (Å²) in [5.74, 6) is -1.09. The van der Waals surface area contributed by atoms with Gasteiger partial charge in [0, 0.05) is 11.8 Å². The Morgan fingerprint density at radius 3 is 2.39 bits per heavy atom. The van der Waals surface area contributed by atoms with Crippen LogP contribution >= 0.6 is 23.2 Å². The number of halogens is 2. The van der Waals surface area contributed by atoms with Gasteiger partial charge < -0.3 is 15.2 Å². The van der Waals surface area contributed by atoms with Gasteiger partial charge in [-0.3, -0.25) is 4.79 Å². The molecule has 38 heavy (non-hydrogen) atoms. The van der Waals surface area contributed by atoms with Crippen LogP contribution < -0.4 is 10.1 Å². The average Bonchev–Trinajstić information content (AvgIpc) is 2.91. The zero-order chi connectivity index (χ0) is 26.8. The first kappa shape index (κ1) is 25.5. The third kappa shape index (κ3) is 5.01. The molecule has 0 aliphatic rings. The van der Waals surface area contributed by atoms with Crippen molar-refractivity contribution in [2.24, 2.45) is 0 Å². The van der Waals surface area contributed by atoms with Gasteiger partial charge >= 0.3 is 5.97 Å². The molecule has 0 spiro atoms. The van der Waals surface area contributed by atoms with Crippen molar-refractivity contribution in [3.8, 4) is 17.0 Å². The van der Waals surface area contributed by atoms with Gasteiger partial charge in [0.25, 0.3) is 5.91 Å². The molecule has 2 N–H and O–H groups in total. The number of nitrogens with zero attached hydrogens (tertiary/aromatic N) is 1. The molecule has 190 valence electrons. The molecule has 0 fully saturated rings. The second kappa shape index (κ2) is 10.7. The zero-order valence-corrected chi connectivity index (χ0v) is 21.8. The highest BCUT2D eigenvalue weighted by Crippen LogP contribution is 2.36. The number of rotatable bonds is 7. The molecular weight excluding hydrogens is 523 g/mol. The number of methoxy groups -OCH3 is 1. The van der Waals surface area contributed by atoms with E-state index in [2.05, 4.69) is 5.32 Å². The van der Waals surface area contributed by atoms with Crippen LogP contribution in [0.3, 0.4) is 0 Å². The Balaban J connectivity index is 1.44. The smallest absolute Gasteiger partial charge is 0.326 e. The summed E-state index contributed by atoms with van der Waals surface area (Å²) in [6, 6.07) is 24.9.